The van der Waals surface area contributed by atoms with Crippen LogP contribution >= 0.6 is 0 Å². The van der Waals surface area contributed by atoms with Crippen molar-refractivity contribution in [1.29, 1.82) is 0 Å². The topological polar surface area (TPSA) is 51.3 Å². The SMILES string of the molecule is Cn1ccnc1CN(CCCc1ccccc1)C(=O)c1ccco1. The molecule has 5 heteroatoms. The van der Waals surface area contributed by atoms with E-state index in [1.54, 1.807) is 23.2 Å². The first-order chi connectivity index (χ1) is 11.7. The number of rotatable bonds is 7. The van der Waals surface area contributed by atoms with E-state index < -0.39 is 0 Å². The van der Waals surface area contributed by atoms with Crippen LogP contribution in [0.25, 0.3) is 0 Å². The summed E-state index contributed by atoms with van der Waals surface area (Å²) in [5.74, 6) is 1.12. The van der Waals surface area contributed by atoms with Gasteiger partial charge >= 0.3 is 0 Å². The van der Waals surface area contributed by atoms with E-state index >= 15 is 0 Å². The zero-order valence-electron chi connectivity index (χ0n) is 13.8. The fourth-order valence-corrected chi connectivity index (χ4v) is 2.65. The maximum atomic E-state index is 12.7. The van der Waals surface area contributed by atoms with E-state index in [0.717, 1.165) is 18.7 Å². The number of aryl methyl sites for hydroxylation is 2. The molecule has 0 saturated heterocycles. The Bertz CT molecular complexity index is 763. The smallest absolute Gasteiger partial charge is 0.289 e. The predicted molar refractivity (Wildman–Crippen MR) is 91.4 cm³/mol. The summed E-state index contributed by atoms with van der Waals surface area (Å²) in [5, 5.41) is 0. The van der Waals surface area contributed by atoms with Gasteiger partial charge in [-0.2, -0.15) is 0 Å². The monoisotopic (exact) mass is 323 g/mol. The van der Waals surface area contributed by atoms with Gasteiger partial charge in [0, 0.05) is 26.0 Å². The summed E-state index contributed by atoms with van der Waals surface area (Å²) in [4.78, 5) is 18.8. The lowest BCUT2D eigenvalue weighted by Gasteiger charge is -2.21. The molecule has 0 N–H and O–H groups in total. The minimum Gasteiger partial charge on any atom is -0.459 e. The largest absolute Gasteiger partial charge is 0.459 e. The van der Waals surface area contributed by atoms with Crippen molar-refractivity contribution in [3.63, 3.8) is 0 Å². The number of furan rings is 1. The molecule has 0 aliphatic heterocycles. The Morgan fingerprint density at radius 3 is 2.71 bits per heavy atom. The molecule has 0 bridgehead atoms. The van der Waals surface area contributed by atoms with Crippen LogP contribution in [-0.2, 0) is 20.0 Å². The van der Waals surface area contributed by atoms with Gasteiger partial charge in [0.1, 0.15) is 5.82 Å². The van der Waals surface area contributed by atoms with Crippen LogP contribution in [0, 0.1) is 0 Å². The van der Waals surface area contributed by atoms with Crippen LogP contribution in [0.3, 0.4) is 0 Å². The van der Waals surface area contributed by atoms with Gasteiger partial charge in [-0.05, 0) is 30.5 Å². The first-order valence-corrected chi connectivity index (χ1v) is 8.07. The van der Waals surface area contributed by atoms with Crippen LogP contribution in [0.1, 0.15) is 28.4 Å². The highest BCUT2D eigenvalue weighted by atomic mass is 16.3. The predicted octanol–water partition coefficient (Wildman–Crippen LogP) is 3.29. The molecule has 2 heterocycles. The van der Waals surface area contributed by atoms with Crippen molar-refractivity contribution in [3.8, 4) is 0 Å². The van der Waals surface area contributed by atoms with Crippen LogP contribution in [0.5, 0.6) is 0 Å². The lowest BCUT2D eigenvalue weighted by molar-refractivity contribution is 0.0703. The molecular formula is C19H21N3O2. The highest BCUT2D eigenvalue weighted by Crippen LogP contribution is 2.12. The summed E-state index contributed by atoms with van der Waals surface area (Å²) in [6, 6.07) is 13.7. The van der Waals surface area contributed by atoms with E-state index in [1.165, 1.54) is 11.8 Å². The van der Waals surface area contributed by atoms with Crippen LogP contribution < -0.4 is 0 Å². The number of amides is 1. The number of imidazole rings is 1. The van der Waals surface area contributed by atoms with Gasteiger partial charge in [0.2, 0.25) is 0 Å². The highest BCUT2D eigenvalue weighted by molar-refractivity contribution is 5.91. The van der Waals surface area contributed by atoms with Gasteiger partial charge in [0.05, 0.1) is 12.8 Å². The van der Waals surface area contributed by atoms with Crippen LogP contribution in [0.15, 0.2) is 65.5 Å². The standard InChI is InChI=1S/C19H21N3O2/c1-21-13-11-20-18(21)15-22(19(23)17-10-6-14-24-17)12-5-9-16-7-3-2-4-8-16/h2-4,6-8,10-11,13-14H,5,9,12,15H2,1H3. The Labute approximate surface area is 141 Å². The lowest BCUT2D eigenvalue weighted by atomic mass is 10.1. The Kier molecular flexibility index (Phi) is 5.11. The Morgan fingerprint density at radius 2 is 2.04 bits per heavy atom. The molecule has 5 nitrogen and oxygen atoms in total. The molecule has 0 aliphatic rings. The molecule has 124 valence electrons. The number of aromatic nitrogens is 2. The minimum absolute atomic E-state index is 0.101. The van der Waals surface area contributed by atoms with Gasteiger partial charge in [0.15, 0.2) is 5.76 Å². The summed E-state index contributed by atoms with van der Waals surface area (Å²) in [7, 11) is 1.93. The number of nitrogens with zero attached hydrogens (tertiary/aromatic N) is 3. The first-order valence-electron chi connectivity index (χ1n) is 8.07. The molecule has 1 aromatic carbocycles. The summed E-state index contributed by atoms with van der Waals surface area (Å²) >= 11 is 0. The molecular weight excluding hydrogens is 302 g/mol. The van der Waals surface area contributed by atoms with Gasteiger partial charge < -0.3 is 13.9 Å². The minimum atomic E-state index is -0.101. The van der Waals surface area contributed by atoms with E-state index in [1.807, 2.05) is 36.0 Å². The summed E-state index contributed by atoms with van der Waals surface area (Å²) in [5.41, 5.74) is 1.28. The lowest BCUT2D eigenvalue weighted by Crippen LogP contribution is -2.32. The van der Waals surface area contributed by atoms with Gasteiger partial charge in [-0.15, -0.1) is 0 Å². The van der Waals surface area contributed by atoms with Gasteiger partial charge in [0.25, 0.3) is 5.91 Å². The third-order valence-electron chi connectivity index (χ3n) is 4.01. The van der Waals surface area contributed by atoms with E-state index in [2.05, 4.69) is 17.1 Å². The normalized spacial score (nSPS) is 10.7. The molecule has 0 spiro atoms. The number of carbonyl (C=O) groups is 1. The van der Waals surface area contributed by atoms with E-state index in [0.29, 0.717) is 18.8 Å². The number of hydrogen-bond acceptors (Lipinski definition) is 3. The molecule has 1 amide bonds. The van der Waals surface area contributed by atoms with E-state index in [9.17, 15) is 4.79 Å². The van der Waals surface area contributed by atoms with Crippen molar-refractivity contribution in [1.82, 2.24) is 14.5 Å². The van der Waals surface area contributed by atoms with Crippen molar-refractivity contribution in [2.24, 2.45) is 7.05 Å². The second-order valence-corrected chi connectivity index (χ2v) is 5.75. The third-order valence-corrected chi connectivity index (χ3v) is 4.01. The van der Waals surface area contributed by atoms with Crippen LogP contribution in [0.2, 0.25) is 0 Å². The summed E-state index contributed by atoms with van der Waals surface area (Å²) in [6.45, 7) is 1.12. The van der Waals surface area contributed by atoms with Gasteiger partial charge in [-0.1, -0.05) is 30.3 Å². The molecule has 3 aromatic rings. The fourth-order valence-electron chi connectivity index (χ4n) is 2.65. The van der Waals surface area contributed by atoms with Crippen LogP contribution in [-0.4, -0.2) is 26.9 Å². The zero-order chi connectivity index (χ0) is 16.8. The molecule has 0 radical (unpaired) electrons. The quantitative estimate of drug-likeness (QED) is 0.670. The maximum absolute atomic E-state index is 12.7. The second kappa shape index (κ2) is 7.64. The van der Waals surface area contributed by atoms with Crippen LogP contribution in [0.4, 0.5) is 0 Å². The second-order valence-electron chi connectivity index (χ2n) is 5.75. The molecule has 0 unspecified atom stereocenters. The first kappa shape index (κ1) is 16.1. The molecule has 2 aromatic heterocycles. The molecule has 0 atom stereocenters. The van der Waals surface area contributed by atoms with Crippen molar-refractivity contribution < 1.29 is 9.21 Å². The number of carbonyl (C=O) groups excluding carboxylic acids is 1. The third kappa shape index (κ3) is 3.93. The van der Waals surface area contributed by atoms with Gasteiger partial charge in [-0.3, -0.25) is 4.79 Å². The number of hydrogen-bond donors (Lipinski definition) is 0. The van der Waals surface area contributed by atoms with Gasteiger partial charge in [-0.25, -0.2) is 4.98 Å². The molecule has 0 fully saturated rings. The van der Waals surface area contributed by atoms with Crippen molar-refractivity contribution in [2.45, 2.75) is 19.4 Å². The van der Waals surface area contributed by atoms with Crippen molar-refractivity contribution >= 4 is 5.91 Å². The Hall–Kier alpha value is -2.82. The molecule has 24 heavy (non-hydrogen) atoms. The maximum Gasteiger partial charge on any atom is 0.289 e. The fraction of sp³-hybridized carbons (Fsp3) is 0.263. The number of benzene rings is 1. The van der Waals surface area contributed by atoms with E-state index in [-0.39, 0.29) is 5.91 Å². The van der Waals surface area contributed by atoms with Crippen molar-refractivity contribution in [3.05, 3.63) is 78.3 Å². The average molecular weight is 323 g/mol. The molecule has 3 rings (SSSR count). The summed E-state index contributed by atoms with van der Waals surface area (Å²) in [6.07, 6.45) is 6.98. The molecule has 0 saturated carbocycles. The summed E-state index contributed by atoms with van der Waals surface area (Å²) < 4.78 is 7.20. The Balaban J connectivity index is 1.67. The highest BCUT2D eigenvalue weighted by Gasteiger charge is 2.19. The average Bonchev–Trinajstić information content (AvgIpc) is 3.27. The zero-order valence-corrected chi connectivity index (χ0v) is 13.8. The van der Waals surface area contributed by atoms with E-state index in [4.69, 9.17) is 4.42 Å². The van der Waals surface area contributed by atoms with Crippen molar-refractivity contribution in [2.75, 3.05) is 6.54 Å². The molecule has 0 aliphatic carbocycles. The Morgan fingerprint density at radius 1 is 1.21 bits per heavy atom.